The molecule has 1 fully saturated rings. The molecule has 18 heavy (non-hydrogen) atoms. The number of hydrogen-bond donors (Lipinski definition) is 3. The van der Waals surface area contributed by atoms with Crippen LogP contribution < -0.4 is 10.6 Å². The van der Waals surface area contributed by atoms with E-state index in [0.29, 0.717) is 19.4 Å². The number of carbonyl (C=O) groups excluding carboxylic acids is 1. The monoisotopic (exact) mass is 256 g/mol. The quantitative estimate of drug-likeness (QED) is 0.662. The van der Waals surface area contributed by atoms with Gasteiger partial charge in [0.1, 0.15) is 0 Å². The van der Waals surface area contributed by atoms with E-state index < -0.39 is 11.4 Å². The molecule has 1 amide bonds. The smallest absolute Gasteiger partial charge is 0.311 e. The Bertz CT molecular complexity index is 295. The van der Waals surface area contributed by atoms with Gasteiger partial charge in [-0.3, -0.25) is 9.59 Å². The van der Waals surface area contributed by atoms with Crippen molar-refractivity contribution in [1.29, 1.82) is 0 Å². The van der Waals surface area contributed by atoms with Gasteiger partial charge >= 0.3 is 5.97 Å². The van der Waals surface area contributed by atoms with Crippen molar-refractivity contribution in [1.82, 2.24) is 10.6 Å². The van der Waals surface area contributed by atoms with Crippen molar-refractivity contribution in [2.75, 3.05) is 19.6 Å². The third kappa shape index (κ3) is 3.45. The predicted octanol–water partition coefficient (Wildman–Crippen LogP) is 0.993. The number of carboxylic acids is 1. The molecule has 1 heterocycles. The molecule has 1 aliphatic rings. The summed E-state index contributed by atoms with van der Waals surface area (Å²) in [6, 6.07) is 0. The second kappa shape index (κ2) is 6.73. The maximum absolute atomic E-state index is 12.0. The van der Waals surface area contributed by atoms with E-state index >= 15 is 0 Å². The molecule has 0 aliphatic carbocycles. The summed E-state index contributed by atoms with van der Waals surface area (Å²) in [5.41, 5.74) is -0.822. The average molecular weight is 256 g/mol. The number of aliphatic carboxylic acids is 1. The Hall–Kier alpha value is -1.10. The second-order valence-corrected chi connectivity index (χ2v) is 5.05. The van der Waals surface area contributed by atoms with E-state index in [1.54, 1.807) is 0 Å². The van der Waals surface area contributed by atoms with Gasteiger partial charge in [-0.05, 0) is 32.2 Å². The van der Waals surface area contributed by atoms with Crippen LogP contribution in [0.25, 0.3) is 0 Å². The van der Waals surface area contributed by atoms with Crippen LogP contribution in [-0.2, 0) is 9.59 Å². The van der Waals surface area contributed by atoms with E-state index in [4.69, 9.17) is 0 Å². The summed E-state index contributed by atoms with van der Waals surface area (Å²) in [4.78, 5) is 23.3. The average Bonchev–Trinajstić information content (AvgIpc) is 2.41. The topological polar surface area (TPSA) is 78.4 Å². The van der Waals surface area contributed by atoms with Crippen molar-refractivity contribution >= 4 is 11.9 Å². The fourth-order valence-corrected chi connectivity index (χ4v) is 2.35. The third-order valence-corrected chi connectivity index (χ3v) is 4.08. The molecule has 0 aromatic rings. The zero-order valence-corrected chi connectivity index (χ0v) is 11.3. The molecule has 0 saturated carbocycles. The molecular formula is C13H24N2O3. The minimum Gasteiger partial charge on any atom is -0.481 e. The Morgan fingerprint density at radius 1 is 1.39 bits per heavy atom. The molecule has 1 aliphatic heterocycles. The molecular weight excluding hydrogens is 232 g/mol. The maximum Gasteiger partial charge on any atom is 0.311 e. The molecule has 5 nitrogen and oxygen atoms in total. The van der Waals surface area contributed by atoms with E-state index in [9.17, 15) is 14.7 Å². The van der Waals surface area contributed by atoms with Crippen LogP contribution in [0, 0.1) is 11.3 Å². The number of amides is 1. The molecule has 104 valence electrons. The lowest BCUT2D eigenvalue weighted by molar-refractivity contribution is -0.149. The molecule has 3 N–H and O–H groups in total. The van der Waals surface area contributed by atoms with Gasteiger partial charge in [0.05, 0.1) is 11.3 Å². The number of piperidine rings is 1. The maximum atomic E-state index is 12.0. The molecule has 1 atom stereocenters. The van der Waals surface area contributed by atoms with E-state index in [-0.39, 0.29) is 18.4 Å². The number of carboxylic acid groups (broad SMARTS) is 1. The summed E-state index contributed by atoms with van der Waals surface area (Å²) < 4.78 is 0. The van der Waals surface area contributed by atoms with Crippen LogP contribution in [-0.4, -0.2) is 36.6 Å². The molecule has 0 spiro atoms. The van der Waals surface area contributed by atoms with Crippen molar-refractivity contribution in [3.05, 3.63) is 0 Å². The summed E-state index contributed by atoms with van der Waals surface area (Å²) in [5.74, 6) is -0.858. The Labute approximate surface area is 108 Å². The summed E-state index contributed by atoms with van der Waals surface area (Å²) in [7, 11) is 0. The summed E-state index contributed by atoms with van der Waals surface area (Å²) in [5, 5.41) is 15.3. The molecule has 1 rings (SSSR count). The first-order valence-corrected chi connectivity index (χ1v) is 6.77. The van der Waals surface area contributed by atoms with Gasteiger partial charge in [0.2, 0.25) is 5.91 Å². The largest absolute Gasteiger partial charge is 0.481 e. The Morgan fingerprint density at radius 3 is 2.50 bits per heavy atom. The van der Waals surface area contributed by atoms with Crippen LogP contribution in [0.2, 0.25) is 0 Å². The van der Waals surface area contributed by atoms with Gasteiger partial charge in [0.25, 0.3) is 0 Å². The van der Waals surface area contributed by atoms with Crippen molar-refractivity contribution in [3.8, 4) is 0 Å². The predicted molar refractivity (Wildman–Crippen MR) is 69.3 cm³/mol. The van der Waals surface area contributed by atoms with Crippen molar-refractivity contribution < 1.29 is 14.7 Å². The SMILES string of the molecule is CCC(CC)(CNC(=O)C1CCCNC1)C(=O)O. The molecule has 1 saturated heterocycles. The fourth-order valence-electron chi connectivity index (χ4n) is 2.35. The minimum absolute atomic E-state index is 0.0149. The Kier molecular flexibility index (Phi) is 5.59. The third-order valence-electron chi connectivity index (χ3n) is 4.08. The van der Waals surface area contributed by atoms with Gasteiger partial charge in [-0.25, -0.2) is 0 Å². The number of hydrogen-bond acceptors (Lipinski definition) is 3. The fraction of sp³-hybridized carbons (Fsp3) is 0.846. The molecule has 0 radical (unpaired) electrons. The van der Waals surface area contributed by atoms with Crippen LogP contribution in [0.3, 0.4) is 0 Å². The minimum atomic E-state index is -0.824. The van der Waals surface area contributed by atoms with Crippen LogP contribution in [0.15, 0.2) is 0 Å². The van der Waals surface area contributed by atoms with Crippen LogP contribution in [0.4, 0.5) is 0 Å². The molecule has 1 unspecified atom stereocenters. The Balaban J connectivity index is 2.51. The summed E-state index contributed by atoms with van der Waals surface area (Å²) in [6.45, 7) is 5.60. The van der Waals surface area contributed by atoms with Crippen molar-refractivity contribution in [3.63, 3.8) is 0 Å². The second-order valence-electron chi connectivity index (χ2n) is 5.05. The Morgan fingerprint density at radius 2 is 2.06 bits per heavy atom. The van der Waals surface area contributed by atoms with Crippen molar-refractivity contribution in [2.45, 2.75) is 39.5 Å². The highest BCUT2D eigenvalue weighted by molar-refractivity contribution is 5.81. The highest BCUT2D eigenvalue weighted by atomic mass is 16.4. The number of rotatable bonds is 6. The zero-order chi connectivity index (χ0) is 13.6. The van der Waals surface area contributed by atoms with Gasteiger partial charge in [-0.15, -0.1) is 0 Å². The first kappa shape index (κ1) is 15.0. The lowest BCUT2D eigenvalue weighted by atomic mass is 9.82. The number of nitrogens with one attached hydrogen (secondary N) is 2. The van der Waals surface area contributed by atoms with E-state index in [2.05, 4.69) is 10.6 Å². The zero-order valence-electron chi connectivity index (χ0n) is 11.3. The molecule has 5 heteroatoms. The first-order valence-electron chi connectivity index (χ1n) is 6.77. The highest BCUT2D eigenvalue weighted by Gasteiger charge is 2.35. The standard InChI is InChI=1S/C13H24N2O3/c1-3-13(4-2,12(17)18)9-15-11(16)10-6-5-7-14-8-10/h10,14H,3-9H2,1-2H3,(H,15,16)(H,17,18). The van der Waals surface area contributed by atoms with Crippen LogP contribution in [0.1, 0.15) is 39.5 Å². The molecule has 0 aromatic heterocycles. The van der Waals surface area contributed by atoms with Gasteiger partial charge in [-0.2, -0.15) is 0 Å². The number of carbonyl (C=O) groups is 2. The lowest BCUT2D eigenvalue weighted by Crippen LogP contribution is -2.46. The van der Waals surface area contributed by atoms with Gasteiger partial charge < -0.3 is 15.7 Å². The van der Waals surface area contributed by atoms with E-state index in [0.717, 1.165) is 19.4 Å². The van der Waals surface area contributed by atoms with Crippen molar-refractivity contribution in [2.24, 2.45) is 11.3 Å². The summed E-state index contributed by atoms with van der Waals surface area (Å²) in [6.07, 6.45) is 2.95. The van der Waals surface area contributed by atoms with Crippen LogP contribution in [0.5, 0.6) is 0 Å². The van der Waals surface area contributed by atoms with Gasteiger partial charge in [-0.1, -0.05) is 13.8 Å². The molecule has 0 aromatic carbocycles. The summed E-state index contributed by atoms with van der Waals surface area (Å²) >= 11 is 0. The highest BCUT2D eigenvalue weighted by Crippen LogP contribution is 2.26. The van der Waals surface area contributed by atoms with Gasteiger partial charge in [0.15, 0.2) is 0 Å². The first-order chi connectivity index (χ1) is 8.55. The van der Waals surface area contributed by atoms with E-state index in [1.165, 1.54) is 0 Å². The van der Waals surface area contributed by atoms with Gasteiger partial charge in [0, 0.05) is 13.1 Å². The van der Waals surface area contributed by atoms with Crippen LogP contribution >= 0.6 is 0 Å². The normalized spacial score (nSPS) is 20.4. The molecule has 0 bridgehead atoms. The lowest BCUT2D eigenvalue weighted by Gasteiger charge is -2.29. The van der Waals surface area contributed by atoms with E-state index in [1.807, 2.05) is 13.8 Å².